The largest absolute Gasteiger partial charge is 0.465 e. The number of nitrogens with one attached hydrogen (secondary N) is 1. The summed E-state index contributed by atoms with van der Waals surface area (Å²) in [6.07, 6.45) is 2.04. The number of likely N-dealkylation sites (N-methyl/N-ethyl adjacent to an activating group) is 1. The summed E-state index contributed by atoms with van der Waals surface area (Å²) in [5.41, 5.74) is 0. The van der Waals surface area contributed by atoms with E-state index in [1.807, 2.05) is 7.05 Å². The van der Waals surface area contributed by atoms with Crippen LogP contribution in [0.1, 0.15) is 26.2 Å². The first-order valence-corrected chi connectivity index (χ1v) is 8.51. The highest BCUT2D eigenvalue weighted by atomic mass is 32.2. The van der Waals surface area contributed by atoms with E-state index < -0.39 is 22.2 Å². The monoisotopic (exact) mass is 305 g/mol. The van der Waals surface area contributed by atoms with Crippen molar-refractivity contribution in [1.29, 1.82) is 0 Å². The highest BCUT2D eigenvalue weighted by Crippen LogP contribution is 2.26. The molecular formula is C12H23N3O4S. The lowest BCUT2D eigenvalue weighted by atomic mass is 10.2. The van der Waals surface area contributed by atoms with Crippen molar-refractivity contribution in [2.75, 3.05) is 33.3 Å². The molecule has 2 aliphatic heterocycles. The molecule has 0 aliphatic carbocycles. The molecule has 116 valence electrons. The molecule has 0 spiro atoms. The molecule has 2 heterocycles. The average Bonchev–Trinajstić information content (AvgIpc) is 3.08. The lowest BCUT2D eigenvalue weighted by molar-refractivity contribution is -0.146. The van der Waals surface area contributed by atoms with Crippen LogP contribution in [0.15, 0.2) is 0 Å². The van der Waals surface area contributed by atoms with E-state index in [0.29, 0.717) is 32.5 Å². The maximum atomic E-state index is 12.6. The Morgan fingerprint density at radius 1 is 1.35 bits per heavy atom. The van der Waals surface area contributed by atoms with Crippen LogP contribution in [0, 0.1) is 0 Å². The molecule has 2 fully saturated rings. The summed E-state index contributed by atoms with van der Waals surface area (Å²) in [7, 11) is -1.74. The van der Waals surface area contributed by atoms with Gasteiger partial charge in [-0.05, 0) is 33.2 Å². The van der Waals surface area contributed by atoms with Crippen LogP contribution in [0.4, 0.5) is 0 Å². The Morgan fingerprint density at radius 3 is 2.70 bits per heavy atom. The fourth-order valence-electron chi connectivity index (χ4n) is 2.81. The van der Waals surface area contributed by atoms with E-state index in [1.165, 1.54) is 8.61 Å². The molecular weight excluding hydrogens is 282 g/mol. The van der Waals surface area contributed by atoms with E-state index in [2.05, 4.69) is 5.32 Å². The Morgan fingerprint density at radius 2 is 2.10 bits per heavy atom. The predicted molar refractivity (Wildman–Crippen MR) is 74.3 cm³/mol. The molecule has 1 N–H and O–H groups in total. The van der Waals surface area contributed by atoms with E-state index in [1.54, 1.807) is 6.92 Å². The summed E-state index contributed by atoms with van der Waals surface area (Å²) in [4.78, 5) is 11.9. The van der Waals surface area contributed by atoms with Gasteiger partial charge >= 0.3 is 5.97 Å². The van der Waals surface area contributed by atoms with Crippen LogP contribution >= 0.6 is 0 Å². The van der Waals surface area contributed by atoms with Crippen molar-refractivity contribution >= 4 is 16.2 Å². The molecule has 7 nitrogen and oxygen atoms in total. The van der Waals surface area contributed by atoms with E-state index in [-0.39, 0.29) is 12.6 Å². The van der Waals surface area contributed by atoms with Crippen LogP contribution in [0.3, 0.4) is 0 Å². The molecule has 0 aromatic heterocycles. The van der Waals surface area contributed by atoms with Crippen LogP contribution in [0.25, 0.3) is 0 Å². The predicted octanol–water partition coefficient (Wildman–Crippen LogP) is -0.448. The van der Waals surface area contributed by atoms with Gasteiger partial charge in [0.25, 0.3) is 10.2 Å². The minimum atomic E-state index is -3.57. The van der Waals surface area contributed by atoms with Crippen molar-refractivity contribution in [2.24, 2.45) is 0 Å². The first-order chi connectivity index (χ1) is 9.50. The molecule has 2 rings (SSSR count). The number of nitrogens with zero attached hydrogens (tertiary/aromatic N) is 2. The van der Waals surface area contributed by atoms with Gasteiger partial charge in [0.1, 0.15) is 6.04 Å². The molecule has 2 saturated heterocycles. The van der Waals surface area contributed by atoms with Crippen molar-refractivity contribution in [1.82, 2.24) is 13.9 Å². The average molecular weight is 305 g/mol. The molecule has 0 bridgehead atoms. The van der Waals surface area contributed by atoms with Crippen LogP contribution in [-0.4, -0.2) is 68.4 Å². The number of esters is 1. The number of carbonyl (C=O) groups excluding carboxylic acids is 1. The van der Waals surface area contributed by atoms with Gasteiger partial charge in [-0.3, -0.25) is 4.79 Å². The summed E-state index contributed by atoms with van der Waals surface area (Å²) in [5.74, 6) is -0.432. The summed E-state index contributed by atoms with van der Waals surface area (Å²) in [6.45, 7) is 3.36. The Kier molecular flexibility index (Phi) is 5.00. The van der Waals surface area contributed by atoms with Gasteiger partial charge in [-0.1, -0.05) is 0 Å². The fourth-order valence-corrected chi connectivity index (χ4v) is 4.69. The van der Waals surface area contributed by atoms with Gasteiger partial charge in [0, 0.05) is 25.7 Å². The molecule has 0 saturated carbocycles. The van der Waals surface area contributed by atoms with E-state index in [9.17, 15) is 13.2 Å². The normalized spacial score (nSPS) is 28.9. The Balaban J connectivity index is 2.10. The molecule has 0 aromatic carbocycles. The van der Waals surface area contributed by atoms with Crippen molar-refractivity contribution in [2.45, 2.75) is 38.3 Å². The summed E-state index contributed by atoms with van der Waals surface area (Å²) in [5, 5.41) is 3.09. The first-order valence-electron chi connectivity index (χ1n) is 7.11. The smallest absolute Gasteiger partial charge is 0.324 e. The van der Waals surface area contributed by atoms with Crippen molar-refractivity contribution in [3.63, 3.8) is 0 Å². The molecule has 0 amide bonds. The number of ether oxygens (including phenoxy) is 1. The molecule has 0 aromatic rings. The highest BCUT2D eigenvalue weighted by molar-refractivity contribution is 7.86. The lowest BCUT2D eigenvalue weighted by Crippen LogP contribution is -2.48. The third-order valence-electron chi connectivity index (χ3n) is 3.94. The van der Waals surface area contributed by atoms with Gasteiger partial charge in [0.15, 0.2) is 0 Å². The number of hydrogen-bond donors (Lipinski definition) is 1. The van der Waals surface area contributed by atoms with Gasteiger partial charge in [0.2, 0.25) is 0 Å². The highest BCUT2D eigenvalue weighted by Gasteiger charge is 2.44. The Bertz CT molecular complexity index is 454. The zero-order valence-electron chi connectivity index (χ0n) is 12.0. The zero-order valence-corrected chi connectivity index (χ0v) is 12.9. The summed E-state index contributed by atoms with van der Waals surface area (Å²) in [6, 6.07) is -0.470. The molecule has 20 heavy (non-hydrogen) atoms. The summed E-state index contributed by atoms with van der Waals surface area (Å²) < 4.78 is 33.0. The first kappa shape index (κ1) is 15.7. The third-order valence-corrected chi connectivity index (χ3v) is 5.96. The van der Waals surface area contributed by atoms with Crippen molar-refractivity contribution in [3.05, 3.63) is 0 Å². The maximum absolute atomic E-state index is 12.6. The molecule has 8 heteroatoms. The van der Waals surface area contributed by atoms with Crippen molar-refractivity contribution < 1.29 is 17.9 Å². The molecule has 0 radical (unpaired) electrons. The van der Waals surface area contributed by atoms with Gasteiger partial charge in [-0.2, -0.15) is 17.0 Å². The Hall–Kier alpha value is -0.700. The number of hydrogen-bond acceptors (Lipinski definition) is 5. The third kappa shape index (κ3) is 2.98. The van der Waals surface area contributed by atoms with Gasteiger partial charge in [0.05, 0.1) is 6.61 Å². The van der Waals surface area contributed by atoms with Crippen LogP contribution < -0.4 is 5.32 Å². The SMILES string of the molecule is CCOC(=O)C1CCCN1S(=O)(=O)N1CCC(NC)C1. The van der Waals surface area contributed by atoms with Crippen LogP contribution in [-0.2, 0) is 19.7 Å². The van der Waals surface area contributed by atoms with E-state index >= 15 is 0 Å². The minimum absolute atomic E-state index is 0.188. The second-order valence-electron chi connectivity index (χ2n) is 5.16. The van der Waals surface area contributed by atoms with E-state index in [0.717, 1.165) is 6.42 Å². The van der Waals surface area contributed by atoms with Gasteiger partial charge < -0.3 is 10.1 Å². The topological polar surface area (TPSA) is 79.0 Å². The second kappa shape index (κ2) is 6.38. The lowest BCUT2D eigenvalue weighted by Gasteiger charge is -2.27. The Labute approximate surface area is 120 Å². The minimum Gasteiger partial charge on any atom is -0.465 e. The molecule has 2 atom stereocenters. The molecule has 2 aliphatic rings. The summed E-state index contributed by atoms with van der Waals surface area (Å²) >= 11 is 0. The second-order valence-corrected chi connectivity index (χ2v) is 7.04. The fraction of sp³-hybridized carbons (Fsp3) is 0.917. The van der Waals surface area contributed by atoms with Gasteiger partial charge in [-0.25, -0.2) is 0 Å². The molecule has 2 unspecified atom stereocenters. The number of carbonyl (C=O) groups is 1. The number of rotatable bonds is 5. The van der Waals surface area contributed by atoms with Gasteiger partial charge in [-0.15, -0.1) is 0 Å². The van der Waals surface area contributed by atoms with E-state index in [4.69, 9.17) is 4.74 Å². The van der Waals surface area contributed by atoms with Crippen LogP contribution in [0.2, 0.25) is 0 Å². The maximum Gasteiger partial charge on any atom is 0.324 e. The standard InChI is InChI=1S/C12H23N3O4S/c1-3-19-12(16)11-5-4-7-15(11)20(17,18)14-8-6-10(9-14)13-2/h10-11,13H,3-9H2,1-2H3. The van der Waals surface area contributed by atoms with Crippen LogP contribution in [0.5, 0.6) is 0 Å². The van der Waals surface area contributed by atoms with Crippen molar-refractivity contribution in [3.8, 4) is 0 Å². The quantitative estimate of drug-likeness (QED) is 0.696. The zero-order chi connectivity index (χ0) is 14.8.